The van der Waals surface area contributed by atoms with E-state index >= 15 is 0 Å². The Morgan fingerprint density at radius 1 is 1.18 bits per heavy atom. The maximum absolute atomic E-state index is 12.8. The highest BCUT2D eigenvalue weighted by Gasteiger charge is 2.23. The van der Waals surface area contributed by atoms with Gasteiger partial charge in [0.2, 0.25) is 0 Å². The fraction of sp³-hybridized carbons (Fsp3) is 0.296. The molecule has 1 amide bonds. The van der Waals surface area contributed by atoms with E-state index in [1.165, 1.54) is 13.1 Å². The number of nitrogens with one attached hydrogen (secondary N) is 1. The largest absolute Gasteiger partial charge is 0.451 e. The topological polar surface area (TPSA) is 165 Å². The van der Waals surface area contributed by atoms with Gasteiger partial charge in [-0.05, 0) is 37.1 Å². The first kappa shape index (κ1) is 28.7. The number of aryl methyl sites for hydroxylation is 1. The number of rotatable bonds is 10. The second-order valence-corrected chi connectivity index (χ2v) is 8.73. The minimum Gasteiger partial charge on any atom is -0.451 e. The first-order chi connectivity index (χ1) is 18.6. The van der Waals surface area contributed by atoms with Crippen molar-refractivity contribution in [2.45, 2.75) is 26.9 Å². The van der Waals surface area contributed by atoms with E-state index in [2.05, 4.69) is 4.98 Å². The van der Waals surface area contributed by atoms with Gasteiger partial charge in [0.1, 0.15) is 17.5 Å². The van der Waals surface area contributed by atoms with Crippen molar-refractivity contribution in [3.8, 4) is 6.07 Å². The normalized spacial score (nSPS) is 11.2. The molecule has 3 aromatic rings. The van der Waals surface area contributed by atoms with Crippen LogP contribution in [0, 0.1) is 25.2 Å². The first-order valence-corrected chi connectivity index (χ1v) is 12.0. The Morgan fingerprint density at radius 2 is 1.87 bits per heavy atom. The van der Waals surface area contributed by atoms with Crippen LogP contribution in [0.2, 0.25) is 0 Å². The Balaban J connectivity index is 1.77. The molecule has 0 bridgehead atoms. The Kier molecular flexibility index (Phi) is 9.24. The molecule has 0 spiro atoms. The summed E-state index contributed by atoms with van der Waals surface area (Å²) >= 11 is 0. The third kappa shape index (κ3) is 6.52. The lowest BCUT2D eigenvalue weighted by Gasteiger charge is -2.20. The number of aromatic amines is 1. The predicted octanol–water partition coefficient (Wildman–Crippen LogP) is 1.35. The van der Waals surface area contributed by atoms with E-state index in [0.29, 0.717) is 18.7 Å². The van der Waals surface area contributed by atoms with E-state index in [4.69, 9.17) is 15.2 Å². The number of carbonyl (C=O) groups is 2. The van der Waals surface area contributed by atoms with Crippen LogP contribution in [-0.4, -0.2) is 53.4 Å². The lowest BCUT2D eigenvalue weighted by Crippen LogP contribution is -2.40. The van der Waals surface area contributed by atoms with Crippen molar-refractivity contribution < 1.29 is 19.1 Å². The van der Waals surface area contributed by atoms with Gasteiger partial charge in [0.05, 0.1) is 13.2 Å². The van der Waals surface area contributed by atoms with Gasteiger partial charge in [-0.2, -0.15) is 5.26 Å². The summed E-state index contributed by atoms with van der Waals surface area (Å²) in [5.41, 5.74) is 7.11. The number of nitrogens with zero attached hydrogens (tertiary/aromatic N) is 4. The van der Waals surface area contributed by atoms with Crippen molar-refractivity contribution in [2.24, 2.45) is 0 Å². The number of carbonyl (C=O) groups excluding carboxylic acids is 2. The number of hydrogen-bond acceptors (Lipinski definition) is 8. The van der Waals surface area contributed by atoms with Gasteiger partial charge in [0.25, 0.3) is 11.5 Å². The number of nitriles is 1. The third-order valence-electron chi connectivity index (χ3n) is 6.21. The third-order valence-corrected chi connectivity index (χ3v) is 6.21. The summed E-state index contributed by atoms with van der Waals surface area (Å²) in [4.78, 5) is 53.4. The number of ether oxygens (including phenoxy) is 2. The van der Waals surface area contributed by atoms with Gasteiger partial charge in [-0.25, -0.2) is 9.59 Å². The predicted molar refractivity (Wildman–Crippen MR) is 145 cm³/mol. The number of likely N-dealkylation sites (N-methyl/N-ethyl adjacent to an activating group) is 1. The van der Waals surface area contributed by atoms with Crippen LogP contribution >= 0.6 is 0 Å². The molecule has 0 fully saturated rings. The molecule has 3 rings (SSSR count). The van der Waals surface area contributed by atoms with Crippen LogP contribution in [0.1, 0.15) is 22.5 Å². The van der Waals surface area contributed by atoms with E-state index in [1.54, 1.807) is 37.4 Å². The van der Waals surface area contributed by atoms with Crippen molar-refractivity contribution in [2.75, 3.05) is 38.0 Å². The minimum absolute atomic E-state index is 0.0642. The molecular weight excluding hydrogens is 504 g/mol. The number of anilines is 2. The maximum atomic E-state index is 12.8. The first-order valence-electron chi connectivity index (χ1n) is 12.0. The Morgan fingerprint density at radius 3 is 2.51 bits per heavy atom. The molecule has 0 aliphatic heterocycles. The number of methoxy groups -OCH3 is 1. The van der Waals surface area contributed by atoms with Gasteiger partial charge in [-0.15, -0.1) is 0 Å². The smallest absolute Gasteiger partial charge is 0.349 e. The molecule has 0 unspecified atom stereocenters. The molecule has 204 valence electrons. The zero-order valence-electron chi connectivity index (χ0n) is 22.2. The van der Waals surface area contributed by atoms with Crippen molar-refractivity contribution in [3.05, 3.63) is 85.3 Å². The molecule has 0 radical (unpaired) electrons. The van der Waals surface area contributed by atoms with Gasteiger partial charge in [-0.3, -0.25) is 19.1 Å². The number of H-pyrrole nitrogens is 1. The summed E-state index contributed by atoms with van der Waals surface area (Å²) < 4.78 is 13.3. The Hall–Kier alpha value is -4.89. The summed E-state index contributed by atoms with van der Waals surface area (Å²) in [6, 6.07) is 12.6. The molecule has 12 heteroatoms. The average molecular weight is 535 g/mol. The second-order valence-electron chi connectivity index (χ2n) is 8.73. The average Bonchev–Trinajstić information content (AvgIpc) is 3.18. The summed E-state index contributed by atoms with van der Waals surface area (Å²) in [7, 11) is 2.87. The van der Waals surface area contributed by atoms with Gasteiger partial charge in [0.15, 0.2) is 12.3 Å². The maximum Gasteiger partial charge on any atom is 0.349 e. The van der Waals surface area contributed by atoms with E-state index in [0.717, 1.165) is 26.4 Å². The van der Waals surface area contributed by atoms with Gasteiger partial charge in [-0.1, -0.05) is 30.3 Å². The van der Waals surface area contributed by atoms with Crippen LogP contribution in [0.15, 0.2) is 51.6 Å². The van der Waals surface area contributed by atoms with Crippen LogP contribution in [0.4, 0.5) is 11.5 Å². The molecule has 12 nitrogen and oxygen atoms in total. The molecular formula is C27H30N6O6. The fourth-order valence-corrected chi connectivity index (χ4v) is 4.04. The van der Waals surface area contributed by atoms with E-state index in [1.807, 2.05) is 30.5 Å². The Labute approximate surface area is 224 Å². The Bertz CT molecular complexity index is 1560. The van der Waals surface area contributed by atoms with E-state index in [9.17, 15) is 24.4 Å². The van der Waals surface area contributed by atoms with E-state index in [-0.39, 0.29) is 23.6 Å². The van der Waals surface area contributed by atoms with Gasteiger partial charge < -0.3 is 24.7 Å². The quantitative estimate of drug-likeness (QED) is 0.223. The fourth-order valence-electron chi connectivity index (χ4n) is 4.04. The molecule has 0 aliphatic rings. The highest BCUT2D eigenvalue weighted by atomic mass is 16.5. The molecule has 0 saturated carbocycles. The molecule has 1 aromatic carbocycles. The molecule has 3 N–H and O–H groups in total. The molecule has 39 heavy (non-hydrogen) atoms. The SMILES string of the molecule is COCCn1c(C)cc(/C=C(\C#N)C(=O)OCC(=O)N(C)c2c(N)n(Cc3ccccc3)c(=O)[nH]c2=O)c1C. The van der Waals surface area contributed by atoms with Crippen LogP contribution in [0.25, 0.3) is 6.08 Å². The van der Waals surface area contributed by atoms with Crippen molar-refractivity contribution in [3.63, 3.8) is 0 Å². The van der Waals surface area contributed by atoms with Crippen LogP contribution in [-0.2, 0) is 32.2 Å². The number of esters is 1. The van der Waals surface area contributed by atoms with Crippen molar-refractivity contribution >= 4 is 29.5 Å². The number of amides is 1. The van der Waals surface area contributed by atoms with Gasteiger partial charge in [0, 0.05) is 32.1 Å². The summed E-state index contributed by atoms with van der Waals surface area (Å²) in [6.45, 7) is 4.16. The zero-order chi connectivity index (χ0) is 28.7. The molecule has 2 aromatic heterocycles. The number of benzene rings is 1. The molecule has 0 saturated heterocycles. The summed E-state index contributed by atoms with van der Waals surface area (Å²) in [5.74, 6) is -2.02. The van der Waals surface area contributed by atoms with Crippen molar-refractivity contribution in [1.29, 1.82) is 5.26 Å². The lowest BCUT2D eigenvalue weighted by molar-refractivity contribution is -0.143. The number of aromatic nitrogens is 3. The summed E-state index contributed by atoms with van der Waals surface area (Å²) in [6.07, 6.45) is 1.39. The minimum atomic E-state index is -1.00. The number of nitrogen functional groups attached to an aromatic ring is 1. The van der Waals surface area contributed by atoms with E-state index < -0.39 is 29.7 Å². The lowest BCUT2D eigenvalue weighted by atomic mass is 10.1. The monoisotopic (exact) mass is 534 g/mol. The highest BCUT2D eigenvalue weighted by Crippen LogP contribution is 2.19. The molecule has 2 heterocycles. The van der Waals surface area contributed by atoms with Gasteiger partial charge >= 0.3 is 11.7 Å². The van der Waals surface area contributed by atoms with Crippen molar-refractivity contribution in [1.82, 2.24) is 14.1 Å². The number of hydrogen-bond donors (Lipinski definition) is 2. The van der Waals surface area contributed by atoms with Crippen LogP contribution in [0.3, 0.4) is 0 Å². The zero-order valence-corrected chi connectivity index (χ0v) is 22.2. The van der Waals surface area contributed by atoms with Crippen LogP contribution in [0.5, 0.6) is 0 Å². The number of nitrogens with two attached hydrogens (primary N) is 1. The molecule has 0 atom stereocenters. The molecule has 0 aliphatic carbocycles. The van der Waals surface area contributed by atoms with Crippen LogP contribution < -0.4 is 21.9 Å². The standard InChI is InChI=1S/C27H30N6O6/c1-17-12-20(18(2)32(17)10-11-38-4)13-21(14-28)26(36)39-16-22(34)31(3)23-24(29)33(27(37)30-25(23)35)15-19-8-6-5-7-9-19/h5-9,12-13H,10-11,15-16,29H2,1-4H3,(H,30,35,37)/b21-13+. The highest BCUT2D eigenvalue weighted by molar-refractivity contribution is 6.01. The second kappa shape index (κ2) is 12.6. The summed E-state index contributed by atoms with van der Waals surface area (Å²) in [5, 5.41) is 9.53.